The number of hydrogen-bond acceptors (Lipinski definition) is 2. The van der Waals surface area contributed by atoms with Gasteiger partial charge in [-0.15, -0.1) is 0 Å². The highest BCUT2D eigenvalue weighted by atomic mass is 15.3. The molecule has 0 aromatic rings. The number of aliphatic imine (C=N–C) groups is 1. The van der Waals surface area contributed by atoms with Gasteiger partial charge in [0.2, 0.25) is 0 Å². The van der Waals surface area contributed by atoms with E-state index in [0.717, 1.165) is 12.3 Å². The Kier molecular flexibility index (Phi) is 2.36. The second-order valence-corrected chi connectivity index (χ2v) is 5.05. The van der Waals surface area contributed by atoms with Crippen molar-refractivity contribution in [1.29, 1.82) is 0 Å². The van der Waals surface area contributed by atoms with E-state index in [1.54, 1.807) is 0 Å². The molecule has 0 aromatic carbocycles. The molecule has 0 saturated heterocycles. The molecule has 0 amide bonds. The van der Waals surface area contributed by atoms with E-state index in [0.29, 0.717) is 12.1 Å². The minimum Gasteiger partial charge on any atom is -0.359 e. The highest BCUT2D eigenvalue weighted by Crippen LogP contribution is 2.43. The molecule has 2 rings (SSSR count). The molecule has 76 valence electrons. The van der Waals surface area contributed by atoms with Crippen molar-refractivity contribution in [3.8, 4) is 0 Å². The summed E-state index contributed by atoms with van der Waals surface area (Å²) in [5, 5.41) is -0.104. The lowest BCUT2D eigenvalue weighted by Crippen LogP contribution is -2.39. The molecule has 0 spiro atoms. The summed E-state index contributed by atoms with van der Waals surface area (Å²) in [5.74, 6) is 1.15. The van der Waals surface area contributed by atoms with Gasteiger partial charge in [0, 0.05) is 7.05 Å². The average molecular weight is 190 g/mol. The molecule has 2 aliphatic rings. The number of likely N-dealkylation sites (N-methyl/N-ethyl adjacent to an activating group) is 1. The van der Waals surface area contributed by atoms with E-state index in [1.807, 2.05) is 0 Å². The van der Waals surface area contributed by atoms with Gasteiger partial charge in [-0.1, -0.05) is 26.2 Å². The summed E-state index contributed by atoms with van der Waals surface area (Å²) in [6, 6.07) is 0.863. The molecule has 1 fully saturated rings. The third kappa shape index (κ3) is 1.47. The van der Waals surface area contributed by atoms with Gasteiger partial charge in [0.25, 0.3) is 0 Å². The zero-order valence-electron chi connectivity index (χ0n) is 9.45. The normalized spacial score (nSPS) is 43.1. The van der Waals surface area contributed by atoms with Gasteiger partial charge in [0.15, 0.2) is 0 Å². The molecular formula is C11H19BN2. The Balaban J connectivity index is 2.28. The van der Waals surface area contributed by atoms with Gasteiger partial charge in [-0.2, -0.15) is 0 Å². The lowest BCUT2D eigenvalue weighted by molar-refractivity contribution is 0.305. The van der Waals surface area contributed by atoms with Crippen LogP contribution in [0.2, 0.25) is 5.31 Å². The molecule has 3 heteroatoms. The van der Waals surface area contributed by atoms with Gasteiger partial charge in [-0.25, -0.2) is 0 Å². The van der Waals surface area contributed by atoms with Crippen LogP contribution in [0.15, 0.2) is 4.99 Å². The molecule has 0 aromatic heterocycles. The van der Waals surface area contributed by atoms with E-state index in [-0.39, 0.29) is 5.31 Å². The van der Waals surface area contributed by atoms with Crippen molar-refractivity contribution in [1.82, 2.24) is 4.90 Å². The van der Waals surface area contributed by atoms with Crippen molar-refractivity contribution in [3.63, 3.8) is 0 Å². The zero-order valence-corrected chi connectivity index (χ0v) is 9.45. The maximum Gasteiger partial charge on any atom is 0.0962 e. The van der Waals surface area contributed by atoms with Crippen LogP contribution in [0, 0.1) is 0 Å². The van der Waals surface area contributed by atoms with Gasteiger partial charge in [0.05, 0.1) is 25.8 Å². The predicted octanol–water partition coefficient (Wildman–Crippen LogP) is 2.01. The summed E-state index contributed by atoms with van der Waals surface area (Å²) < 4.78 is 0. The Morgan fingerprint density at radius 3 is 2.93 bits per heavy atom. The second-order valence-electron chi connectivity index (χ2n) is 5.05. The largest absolute Gasteiger partial charge is 0.359 e. The summed E-state index contributed by atoms with van der Waals surface area (Å²) in [5.41, 5.74) is 0. The van der Waals surface area contributed by atoms with E-state index in [4.69, 9.17) is 12.8 Å². The first-order valence-corrected chi connectivity index (χ1v) is 5.58. The molecule has 14 heavy (non-hydrogen) atoms. The van der Waals surface area contributed by atoms with Crippen molar-refractivity contribution >= 4 is 13.7 Å². The Hall–Kier alpha value is -0.465. The lowest BCUT2D eigenvalue weighted by atomic mass is 9.62. The van der Waals surface area contributed by atoms with Crippen molar-refractivity contribution in [2.24, 2.45) is 4.99 Å². The number of nitrogens with zero attached hydrogens (tertiary/aromatic N) is 2. The first-order chi connectivity index (χ1) is 6.52. The van der Waals surface area contributed by atoms with E-state index in [2.05, 4.69) is 25.8 Å². The minimum atomic E-state index is -0.104. The van der Waals surface area contributed by atoms with Gasteiger partial charge >= 0.3 is 0 Å². The fourth-order valence-corrected chi connectivity index (χ4v) is 2.78. The number of hydrogen-bond donors (Lipinski definition) is 0. The van der Waals surface area contributed by atoms with Crippen molar-refractivity contribution in [3.05, 3.63) is 0 Å². The van der Waals surface area contributed by atoms with Gasteiger partial charge < -0.3 is 4.90 Å². The van der Waals surface area contributed by atoms with Crippen LogP contribution in [0.25, 0.3) is 0 Å². The van der Waals surface area contributed by atoms with Crippen LogP contribution in [0.1, 0.15) is 39.5 Å². The van der Waals surface area contributed by atoms with Crippen molar-refractivity contribution in [2.75, 3.05) is 7.05 Å². The summed E-state index contributed by atoms with van der Waals surface area (Å²) >= 11 is 0. The molecule has 2 radical (unpaired) electrons. The Morgan fingerprint density at radius 2 is 2.21 bits per heavy atom. The smallest absolute Gasteiger partial charge is 0.0962 e. The van der Waals surface area contributed by atoms with Gasteiger partial charge in [0.1, 0.15) is 0 Å². The minimum absolute atomic E-state index is 0.104. The summed E-state index contributed by atoms with van der Waals surface area (Å²) in [6.45, 7) is 4.25. The third-order valence-corrected chi connectivity index (χ3v) is 3.84. The van der Waals surface area contributed by atoms with E-state index < -0.39 is 0 Å². The average Bonchev–Trinajstić information content (AvgIpc) is 2.30. The van der Waals surface area contributed by atoms with Crippen molar-refractivity contribution < 1.29 is 0 Å². The van der Waals surface area contributed by atoms with Crippen LogP contribution in [0.3, 0.4) is 0 Å². The molecule has 0 N–H and O–H groups in total. The monoisotopic (exact) mass is 190 g/mol. The topological polar surface area (TPSA) is 15.6 Å². The number of rotatable bonds is 0. The van der Waals surface area contributed by atoms with Crippen LogP contribution in [0.5, 0.6) is 0 Å². The second kappa shape index (κ2) is 3.28. The van der Waals surface area contributed by atoms with Crippen LogP contribution in [-0.4, -0.2) is 37.7 Å². The Morgan fingerprint density at radius 1 is 1.50 bits per heavy atom. The van der Waals surface area contributed by atoms with E-state index >= 15 is 0 Å². The molecule has 1 heterocycles. The molecule has 1 aliphatic heterocycles. The van der Waals surface area contributed by atoms with Crippen LogP contribution >= 0.6 is 0 Å². The van der Waals surface area contributed by atoms with Gasteiger partial charge in [-0.3, -0.25) is 4.99 Å². The van der Waals surface area contributed by atoms with Crippen LogP contribution < -0.4 is 0 Å². The number of amidine groups is 1. The summed E-state index contributed by atoms with van der Waals surface area (Å²) in [6.07, 6.45) is 4.90. The SMILES string of the molecule is [B]C1(C)CCCCC2C1N=C(C)N2C. The van der Waals surface area contributed by atoms with E-state index in [1.165, 1.54) is 19.3 Å². The Bertz CT molecular complexity index is 260. The lowest BCUT2D eigenvalue weighted by Gasteiger charge is -2.33. The summed E-state index contributed by atoms with van der Waals surface area (Å²) in [7, 11) is 8.50. The maximum atomic E-state index is 6.35. The highest BCUT2D eigenvalue weighted by molar-refractivity contribution is 6.15. The molecule has 1 saturated carbocycles. The quantitative estimate of drug-likeness (QED) is 0.533. The first-order valence-electron chi connectivity index (χ1n) is 5.58. The molecular weight excluding hydrogens is 171 g/mol. The number of fused-ring (bicyclic) bond motifs is 1. The van der Waals surface area contributed by atoms with Crippen molar-refractivity contribution in [2.45, 2.75) is 56.9 Å². The molecule has 3 atom stereocenters. The molecule has 2 nitrogen and oxygen atoms in total. The first kappa shape index (κ1) is 10.1. The predicted molar refractivity (Wildman–Crippen MR) is 61.0 cm³/mol. The fraction of sp³-hybridized carbons (Fsp3) is 0.909. The molecule has 3 unspecified atom stereocenters. The Labute approximate surface area is 88.2 Å². The van der Waals surface area contributed by atoms with Gasteiger partial charge in [-0.05, 0) is 18.7 Å². The highest BCUT2D eigenvalue weighted by Gasteiger charge is 2.42. The maximum absolute atomic E-state index is 6.35. The molecule has 0 bridgehead atoms. The van der Waals surface area contributed by atoms with Crippen LogP contribution in [-0.2, 0) is 0 Å². The van der Waals surface area contributed by atoms with Crippen LogP contribution in [0.4, 0.5) is 0 Å². The standard InChI is InChI=1S/C11H19BN2/c1-8-13-10-9(14(8)3)6-4-5-7-11(10,2)12/h9-10H,4-7H2,1-3H3. The van der Waals surface area contributed by atoms with E-state index in [9.17, 15) is 0 Å². The fourth-order valence-electron chi connectivity index (χ4n) is 2.78. The third-order valence-electron chi connectivity index (χ3n) is 3.84. The summed E-state index contributed by atoms with van der Waals surface area (Å²) in [4.78, 5) is 7.03. The zero-order chi connectivity index (χ0) is 10.3. The molecule has 1 aliphatic carbocycles.